The average molecular weight is 322 g/mol. The average Bonchev–Trinajstić information content (AvgIpc) is 2.47. The van der Waals surface area contributed by atoms with Gasteiger partial charge in [-0.05, 0) is 48.5 Å². The number of carbonyl (C=O) groups is 1. The molecule has 2 aromatic carbocycles. The Morgan fingerprint density at radius 2 is 1.59 bits per heavy atom. The summed E-state index contributed by atoms with van der Waals surface area (Å²) in [6.45, 7) is 1.44. The third-order valence-corrected chi connectivity index (χ3v) is 4.50. The zero-order chi connectivity index (χ0) is 16.3. The quantitative estimate of drug-likeness (QED) is 0.941. The highest BCUT2D eigenvalue weighted by Gasteiger charge is 2.14. The van der Waals surface area contributed by atoms with Crippen LogP contribution >= 0.6 is 0 Å². The number of hydrogen-bond donors (Lipinski definition) is 1. The summed E-state index contributed by atoms with van der Waals surface area (Å²) in [4.78, 5) is 12.7. The molecule has 0 radical (unpaired) electrons. The predicted molar refractivity (Wildman–Crippen MR) is 82.7 cm³/mol. The minimum Gasteiger partial charge on any atom is -0.316 e. The van der Waals surface area contributed by atoms with E-state index in [4.69, 9.17) is 0 Å². The van der Waals surface area contributed by atoms with Gasteiger partial charge in [-0.2, -0.15) is 0 Å². The van der Waals surface area contributed by atoms with Crippen molar-refractivity contribution in [2.24, 2.45) is 0 Å². The van der Waals surface area contributed by atoms with Gasteiger partial charge in [0, 0.05) is 25.3 Å². The van der Waals surface area contributed by atoms with Crippen molar-refractivity contribution in [1.82, 2.24) is 0 Å². The smallest absolute Gasteiger partial charge is 0.261 e. The largest absolute Gasteiger partial charge is 0.316 e. The summed E-state index contributed by atoms with van der Waals surface area (Å²) < 4.78 is 39.5. The molecule has 0 aliphatic carbocycles. The Balaban J connectivity index is 2.20. The highest BCUT2D eigenvalue weighted by Crippen LogP contribution is 2.20. The van der Waals surface area contributed by atoms with Crippen LogP contribution in [0, 0.1) is 5.82 Å². The number of carbonyl (C=O) groups excluding carboxylic acids is 1. The number of anilines is 2. The molecule has 0 spiro atoms. The molecule has 0 aromatic heterocycles. The third-order valence-electron chi connectivity index (χ3n) is 3.10. The molecule has 0 atom stereocenters. The highest BCUT2D eigenvalue weighted by molar-refractivity contribution is 7.92. The van der Waals surface area contributed by atoms with Crippen LogP contribution < -0.4 is 9.62 Å². The fourth-order valence-electron chi connectivity index (χ4n) is 1.76. The normalized spacial score (nSPS) is 11.0. The summed E-state index contributed by atoms with van der Waals surface area (Å²) in [5, 5.41) is 0. The zero-order valence-corrected chi connectivity index (χ0v) is 12.9. The first-order chi connectivity index (χ1) is 10.3. The number of nitrogens with one attached hydrogen (secondary N) is 1. The molecule has 0 heterocycles. The lowest BCUT2D eigenvalue weighted by Crippen LogP contribution is -2.22. The van der Waals surface area contributed by atoms with E-state index in [1.807, 2.05) is 0 Å². The molecule has 116 valence electrons. The van der Waals surface area contributed by atoms with Crippen LogP contribution in [0.2, 0.25) is 0 Å². The summed E-state index contributed by atoms with van der Waals surface area (Å²) in [5.74, 6) is -0.629. The van der Waals surface area contributed by atoms with Crippen LogP contribution in [-0.2, 0) is 14.8 Å². The molecule has 1 amide bonds. The van der Waals surface area contributed by atoms with Gasteiger partial charge in [0.25, 0.3) is 10.0 Å². The summed E-state index contributed by atoms with van der Waals surface area (Å²) in [5.41, 5.74) is 1.00. The molecule has 0 fully saturated rings. The van der Waals surface area contributed by atoms with Gasteiger partial charge in [0.05, 0.1) is 4.90 Å². The Labute approximate surface area is 128 Å². The fraction of sp³-hybridized carbons (Fsp3) is 0.133. The lowest BCUT2D eigenvalue weighted by atomic mass is 10.2. The van der Waals surface area contributed by atoms with Crippen molar-refractivity contribution in [3.05, 3.63) is 54.3 Å². The Kier molecular flexibility index (Phi) is 4.46. The number of rotatable bonds is 4. The fourth-order valence-corrected chi connectivity index (χ4v) is 2.82. The Morgan fingerprint density at radius 3 is 2.09 bits per heavy atom. The van der Waals surface area contributed by atoms with Crippen molar-refractivity contribution in [1.29, 1.82) is 0 Å². The van der Waals surface area contributed by atoms with Gasteiger partial charge >= 0.3 is 0 Å². The van der Waals surface area contributed by atoms with Crippen LogP contribution in [0.5, 0.6) is 0 Å². The van der Waals surface area contributed by atoms with Crippen LogP contribution in [0.3, 0.4) is 0 Å². The molecule has 0 bridgehead atoms. The molecule has 0 aliphatic rings. The molecule has 0 saturated carbocycles. The van der Waals surface area contributed by atoms with E-state index in [1.165, 1.54) is 24.0 Å². The van der Waals surface area contributed by atoms with Crippen LogP contribution in [0.15, 0.2) is 53.4 Å². The Bertz CT molecular complexity index is 771. The number of halogens is 1. The minimum atomic E-state index is -3.78. The molecule has 1 N–H and O–H groups in total. The second-order valence-electron chi connectivity index (χ2n) is 4.68. The van der Waals surface area contributed by atoms with Crippen molar-refractivity contribution >= 4 is 27.3 Å². The zero-order valence-electron chi connectivity index (χ0n) is 12.1. The van der Waals surface area contributed by atoms with Gasteiger partial charge in [-0.3, -0.25) is 9.52 Å². The monoisotopic (exact) mass is 322 g/mol. The second-order valence-corrected chi connectivity index (χ2v) is 6.37. The number of benzene rings is 2. The molecule has 0 unspecified atom stereocenters. The van der Waals surface area contributed by atoms with Crippen molar-refractivity contribution < 1.29 is 17.6 Å². The molecule has 5 nitrogen and oxygen atoms in total. The standard InChI is InChI=1S/C15H15FN2O3S/c1-11(19)18(2)14-7-5-13(6-8-14)17-22(20,21)15-9-3-12(16)4-10-15/h3-10,17H,1-2H3. The van der Waals surface area contributed by atoms with Gasteiger partial charge < -0.3 is 4.90 Å². The maximum Gasteiger partial charge on any atom is 0.261 e. The summed E-state index contributed by atoms with van der Waals surface area (Å²) in [6, 6.07) is 10.9. The lowest BCUT2D eigenvalue weighted by Gasteiger charge is -2.15. The lowest BCUT2D eigenvalue weighted by molar-refractivity contribution is -0.116. The first-order valence-electron chi connectivity index (χ1n) is 6.42. The maximum atomic E-state index is 12.8. The molecule has 2 rings (SSSR count). The van der Waals surface area contributed by atoms with Gasteiger partial charge in [-0.25, -0.2) is 12.8 Å². The van der Waals surface area contributed by atoms with E-state index < -0.39 is 15.8 Å². The van der Waals surface area contributed by atoms with Crippen LogP contribution in [0.1, 0.15) is 6.92 Å². The Hall–Kier alpha value is -2.41. The van der Waals surface area contributed by atoms with Gasteiger partial charge in [0.1, 0.15) is 5.82 Å². The van der Waals surface area contributed by atoms with E-state index in [0.717, 1.165) is 12.1 Å². The molecule has 2 aromatic rings. The first-order valence-corrected chi connectivity index (χ1v) is 7.91. The van der Waals surface area contributed by atoms with Gasteiger partial charge in [-0.1, -0.05) is 0 Å². The summed E-state index contributed by atoms with van der Waals surface area (Å²) in [7, 11) is -2.15. The van der Waals surface area contributed by atoms with Gasteiger partial charge in [0.2, 0.25) is 5.91 Å². The molecule has 0 saturated heterocycles. The SMILES string of the molecule is CC(=O)N(C)c1ccc(NS(=O)(=O)c2ccc(F)cc2)cc1. The van der Waals surface area contributed by atoms with Crippen molar-refractivity contribution in [2.45, 2.75) is 11.8 Å². The summed E-state index contributed by atoms with van der Waals surface area (Å²) in [6.07, 6.45) is 0. The number of nitrogens with zero attached hydrogens (tertiary/aromatic N) is 1. The van der Waals surface area contributed by atoms with E-state index in [-0.39, 0.29) is 10.8 Å². The van der Waals surface area contributed by atoms with E-state index in [2.05, 4.69) is 4.72 Å². The van der Waals surface area contributed by atoms with Gasteiger partial charge in [0.15, 0.2) is 0 Å². The molecular formula is C15H15FN2O3S. The van der Waals surface area contributed by atoms with Crippen molar-refractivity contribution in [3.8, 4) is 0 Å². The van der Waals surface area contributed by atoms with E-state index in [9.17, 15) is 17.6 Å². The minimum absolute atomic E-state index is 0.0289. The van der Waals surface area contributed by atoms with E-state index in [1.54, 1.807) is 31.3 Å². The van der Waals surface area contributed by atoms with Gasteiger partial charge in [-0.15, -0.1) is 0 Å². The number of hydrogen-bond acceptors (Lipinski definition) is 3. The topological polar surface area (TPSA) is 66.5 Å². The first kappa shape index (κ1) is 16.0. The Morgan fingerprint density at radius 1 is 1.05 bits per heavy atom. The van der Waals surface area contributed by atoms with Crippen molar-refractivity contribution in [3.63, 3.8) is 0 Å². The highest BCUT2D eigenvalue weighted by atomic mass is 32.2. The molecular weight excluding hydrogens is 307 g/mol. The third kappa shape index (κ3) is 3.62. The molecule has 7 heteroatoms. The predicted octanol–water partition coefficient (Wildman–Crippen LogP) is 2.61. The van der Waals surface area contributed by atoms with Crippen molar-refractivity contribution in [2.75, 3.05) is 16.7 Å². The van der Waals surface area contributed by atoms with Crippen LogP contribution in [-0.4, -0.2) is 21.4 Å². The second kappa shape index (κ2) is 6.15. The maximum absolute atomic E-state index is 12.8. The number of sulfonamides is 1. The number of amides is 1. The van der Waals surface area contributed by atoms with E-state index in [0.29, 0.717) is 11.4 Å². The summed E-state index contributed by atoms with van der Waals surface area (Å²) >= 11 is 0. The van der Waals surface area contributed by atoms with Crippen LogP contribution in [0.25, 0.3) is 0 Å². The van der Waals surface area contributed by atoms with E-state index >= 15 is 0 Å². The molecule has 22 heavy (non-hydrogen) atoms. The molecule has 0 aliphatic heterocycles. The van der Waals surface area contributed by atoms with Crippen LogP contribution in [0.4, 0.5) is 15.8 Å².